The molecule has 1 fully saturated rings. The third kappa shape index (κ3) is 2.26. The number of aromatic amines is 1. The molecule has 3 rings (SSSR count). The van der Waals surface area contributed by atoms with Crippen LogP contribution in [0, 0.1) is 5.92 Å². The van der Waals surface area contributed by atoms with Crippen molar-refractivity contribution < 1.29 is 9.63 Å². The van der Waals surface area contributed by atoms with Gasteiger partial charge in [0.05, 0.1) is 18.7 Å². The smallest absolute Gasteiger partial charge is 0.229 e. The van der Waals surface area contributed by atoms with Gasteiger partial charge in [-0.15, -0.1) is 0 Å². The van der Waals surface area contributed by atoms with E-state index >= 15 is 0 Å². The number of rotatable bonds is 4. The molecule has 1 aliphatic carbocycles. The van der Waals surface area contributed by atoms with E-state index in [9.17, 15) is 5.11 Å². The van der Waals surface area contributed by atoms with Gasteiger partial charge in [0.1, 0.15) is 0 Å². The number of aliphatic hydroxyl groups is 1. The van der Waals surface area contributed by atoms with Crippen molar-refractivity contribution >= 4 is 0 Å². The first-order valence-corrected chi connectivity index (χ1v) is 6.20. The third-order valence-electron chi connectivity index (χ3n) is 3.44. The Kier molecular flexibility index (Phi) is 3.06. The van der Waals surface area contributed by atoms with E-state index in [-0.39, 0.29) is 0 Å². The first-order chi connectivity index (χ1) is 8.83. The van der Waals surface area contributed by atoms with Crippen molar-refractivity contribution in [2.75, 3.05) is 0 Å². The highest BCUT2D eigenvalue weighted by atomic mass is 16.5. The Morgan fingerprint density at radius 3 is 3.00 bits per heavy atom. The largest absolute Gasteiger partial charge is 0.392 e. The first-order valence-electron chi connectivity index (χ1n) is 6.20. The lowest BCUT2D eigenvalue weighted by Crippen LogP contribution is -2.20. The van der Waals surface area contributed by atoms with Crippen LogP contribution in [-0.2, 0) is 6.42 Å². The van der Waals surface area contributed by atoms with Gasteiger partial charge in [-0.3, -0.25) is 0 Å². The van der Waals surface area contributed by atoms with Crippen molar-refractivity contribution in [2.45, 2.75) is 38.2 Å². The monoisotopic (exact) mass is 249 g/mol. The van der Waals surface area contributed by atoms with E-state index < -0.39 is 6.10 Å². The molecule has 1 unspecified atom stereocenters. The topological polar surface area (TPSA) is 101 Å². The Balaban J connectivity index is 1.66. The predicted octanol–water partition coefficient (Wildman–Crippen LogP) is 0.948. The molecule has 2 aromatic heterocycles. The van der Waals surface area contributed by atoms with Crippen molar-refractivity contribution in [3.63, 3.8) is 0 Å². The fraction of sp³-hybridized carbons (Fsp3) is 0.636. The number of aromatic nitrogens is 5. The van der Waals surface area contributed by atoms with Gasteiger partial charge >= 0.3 is 0 Å². The minimum absolute atomic E-state index is 0.368. The van der Waals surface area contributed by atoms with Gasteiger partial charge in [0.2, 0.25) is 11.7 Å². The van der Waals surface area contributed by atoms with Gasteiger partial charge in [-0.2, -0.15) is 20.4 Å². The molecule has 96 valence electrons. The molecule has 7 heteroatoms. The Labute approximate surface area is 104 Å². The Bertz CT molecular complexity index is 489. The molecule has 2 aromatic rings. The van der Waals surface area contributed by atoms with Crippen molar-refractivity contribution in [1.29, 1.82) is 0 Å². The highest BCUT2D eigenvalue weighted by molar-refractivity contribution is 5.44. The summed E-state index contributed by atoms with van der Waals surface area (Å²) in [5.74, 6) is 1.22. The van der Waals surface area contributed by atoms with Crippen LogP contribution in [0.1, 0.15) is 31.6 Å². The molecule has 1 atom stereocenters. The Hall–Kier alpha value is -1.76. The number of nitrogens with one attached hydrogen (secondary N) is 1. The van der Waals surface area contributed by atoms with E-state index in [2.05, 4.69) is 25.6 Å². The Morgan fingerprint density at radius 2 is 2.28 bits per heavy atom. The lowest BCUT2D eigenvalue weighted by atomic mass is 9.98. The highest BCUT2D eigenvalue weighted by Crippen LogP contribution is 2.29. The minimum atomic E-state index is -0.391. The van der Waals surface area contributed by atoms with Gasteiger partial charge in [-0.25, -0.2) is 0 Å². The summed E-state index contributed by atoms with van der Waals surface area (Å²) in [6.45, 7) is 0. The average Bonchev–Trinajstić information content (AvgIpc) is 3.12. The second kappa shape index (κ2) is 4.85. The molecule has 2 N–H and O–H groups in total. The zero-order valence-electron chi connectivity index (χ0n) is 9.91. The summed E-state index contributed by atoms with van der Waals surface area (Å²) < 4.78 is 5.12. The number of hydrogen-bond acceptors (Lipinski definition) is 6. The summed E-state index contributed by atoms with van der Waals surface area (Å²) in [6, 6.07) is 0. The van der Waals surface area contributed by atoms with Crippen molar-refractivity contribution in [3.05, 3.63) is 12.1 Å². The molecule has 0 aliphatic heterocycles. The summed E-state index contributed by atoms with van der Waals surface area (Å²) in [5.41, 5.74) is 0.542. The van der Waals surface area contributed by atoms with Gasteiger partial charge in [0.15, 0.2) is 5.69 Å². The quantitative estimate of drug-likeness (QED) is 0.836. The minimum Gasteiger partial charge on any atom is -0.392 e. The van der Waals surface area contributed by atoms with Crippen LogP contribution >= 0.6 is 0 Å². The predicted molar refractivity (Wildman–Crippen MR) is 61.3 cm³/mol. The Morgan fingerprint density at radius 1 is 1.44 bits per heavy atom. The number of nitrogens with zero attached hydrogens (tertiary/aromatic N) is 4. The van der Waals surface area contributed by atoms with Gasteiger partial charge in [-0.1, -0.05) is 18.0 Å². The van der Waals surface area contributed by atoms with Crippen LogP contribution in [0.15, 0.2) is 10.7 Å². The van der Waals surface area contributed by atoms with Crippen LogP contribution in [0.4, 0.5) is 0 Å². The van der Waals surface area contributed by atoms with E-state index in [1.54, 1.807) is 0 Å². The molecule has 7 nitrogen and oxygen atoms in total. The van der Waals surface area contributed by atoms with Crippen LogP contribution in [0.25, 0.3) is 11.5 Å². The summed E-state index contributed by atoms with van der Waals surface area (Å²) >= 11 is 0. The zero-order valence-corrected chi connectivity index (χ0v) is 9.91. The lowest BCUT2D eigenvalue weighted by Gasteiger charge is -2.14. The van der Waals surface area contributed by atoms with Gasteiger partial charge < -0.3 is 9.63 Å². The van der Waals surface area contributed by atoms with E-state index in [0.29, 0.717) is 29.7 Å². The molecular formula is C11H15N5O2. The second-order valence-electron chi connectivity index (χ2n) is 4.68. The van der Waals surface area contributed by atoms with E-state index in [0.717, 1.165) is 12.8 Å². The SMILES string of the molecule is OC(Cc1nc(-c2cn[nH]n2)no1)C1CCCC1. The second-order valence-corrected chi connectivity index (χ2v) is 4.68. The maximum Gasteiger partial charge on any atom is 0.229 e. The summed E-state index contributed by atoms with van der Waals surface area (Å²) in [5, 5.41) is 23.9. The lowest BCUT2D eigenvalue weighted by molar-refractivity contribution is 0.102. The molecule has 1 aliphatic rings. The van der Waals surface area contributed by atoms with Gasteiger partial charge in [-0.05, 0) is 18.8 Å². The molecule has 2 heterocycles. The molecule has 0 bridgehead atoms. The van der Waals surface area contributed by atoms with Crippen LogP contribution in [0.5, 0.6) is 0 Å². The van der Waals surface area contributed by atoms with E-state index in [4.69, 9.17) is 4.52 Å². The van der Waals surface area contributed by atoms with Crippen LogP contribution in [0.3, 0.4) is 0 Å². The molecular weight excluding hydrogens is 234 g/mol. The van der Waals surface area contributed by atoms with Crippen LogP contribution < -0.4 is 0 Å². The standard InChI is InChI=1S/C11H15N5O2/c17-9(7-3-1-2-4-7)5-10-13-11(15-18-10)8-6-12-16-14-8/h6-7,9,17H,1-5H2,(H,12,14,16). The summed E-state index contributed by atoms with van der Waals surface area (Å²) in [6.07, 6.45) is 6.14. The summed E-state index contributed by atoms with van der Waals surface area (Å²) in [4.78, 5) is 4.20. The third-order valence-corrected chi connectivity index (χ3v) is 3.44. The molecule has 0 amide bonds. The summed E-state index contributed by atoms with van der Waals surface area (Å²) in [7, 11) is 0. The number of hydrogen-bond donors (Lipinski definition) is 2. The van der Waals surface area contributed by atoms with Crippen molar-refractivity contribution in [3.8, 4) is 11.5 Å². The van der Waals surface area contributed by atoms with E-state index in [1.807, 2.05) is 0 Å². The molecule has 0 radical (unpaired) electrons. The fourth-order valence-electron chi connectivity index (χ4n) is 2.44. The molecule has 0 aromatic carbocycles. The van der Waals surface area contributed by atoms with Crippen LogP contribution in [-0.4, -0.2) is 36.8 Å². The molecule has 0 saturated heterocycles. The van der Waals surface area contributed by atoms with Gasteiger partial charge in [0, 0.05) is 0 Å². The molecule has 1 saturated carbocycles. The van der Waals surface area contributed by atoms with E-state index in [1.165, 1.54) is 19.0 Å². The zero-order chi connectivity index (χ0) is 12.4. The fourth-order valence-corrected chi connectivity index (χ4v) is 2.44. The van der Waals surface area contributed by atoms with Crippen molar-refractivity contribution in [2.24, 2.45) is 5.92 Å². The molecule has 18 heavy (non-hydrogen) atoms. The first kappa shape index (κ1) is 11.3. The van der Waals surface area contributed by atoms with Gasteiger partial charge in [0.25, 0.3) is 0 Å². The highest BCUT2D eigenvalue weighted by Gasteiger charge is 2.25. The number of aliphatic hydroxyl groups excluding tert-OH is 1. The maximum atomic E-state index is 10.1. The normalized spacial score (nSPS) is 18.3. The number of H-pyrrole nitrogens is 1. The molecule has 0 spiro atoms. The maximum absolute atomic E-state index is 10.1. The average molecular weight is 249 g/mol. The van der Waals surface area contributed by atoms with Crippen molar-refractivity contribution in [1.82, 2.24) is 25.6 Å². The van der Waals surface area contributed by atoms with Crippen LogP contribution in [0.2, 0.25) is 0 Å².